The lowest BCUT2D eigenvalue weighted by Gasteiger charge is -2.32. The summed E-state index contributed by atoms with van der Waals surface area (Å²) in [7, 11) is 0. The number of pyridine rings is 1. The quantitative estimate of drug-likeness (QED) is 0.435. The Balaban J connectivity index is 1.32. The van der Waals surface area contributed by atoms with Gasteiger partial charge < -0.3 is 15.2 Å². The van der Waals surface area contributed by atoms with Crippen molar-refractivity contribution in [1.29, 1.82) is 0 Å². The maximum absolute atomic E-state index is 14.7. The van der Waals surface area contributed by atoms with E-state index in [4.69, 9.17) is 11.6 Å². The van der Waals surface area contributed by atoms with Crippen molar-refractivity contribution in [2.24, 2.45) is 0 Å². The Morgan fingerprint density at radius 2 is 1.97 bits per heavy atom. The van der Waals surface area contributed by atoms with Crippen LogP contribution in [0.15, 0.2) is 49.1 Å². The van der Waals surface area contributed by atoms with Crippen molar-refractivity contribution in [3.8, 4) is 5.69 Å². The van der Waals surface area contributed by atoms with Crippen molar-refractivity contribution in [1.82, 2.24) is 19.7 Å². The first-order valence-electron chi connectivity index (χ1n) is 10.2. The van der Waals surface area contributed by atoms with Gasteiger partial charge in [-0.1, -0.05) is 11.6 Å². The number of hydrogen-bond acceptors (Lipinski definition) is 4. The number of alkyl halides is 2. The second-order valence-electron chi connectivity index (χ2n) is 7.86. The Morgan fingerprint density at radius 3 is 2.73 bits per heavy atom. The van der Waals surface area contributed by atoms with E-state index in [0.29, 0.717) is 16.4 Å². The highest BCUT2D eigenvalue weighted by Crippen LogP contribution is 2.31. The second-order valence-corrected chi connectivity index (χ2v) is 8.30. The van der Waals surface area contributed by atoms with Crippen LogP contribution in [0.25, 0.3) is 16.6 Å². The number of piperidine rings is 1. The smallest absolute Gasteiger partial charge is 0.258 e. The molecule has 0 spiro atoms. The molecule has 0 aliphatic carbocycles. The molecule has 11 heteroatoms. The summed E-state index contributed by atoms with van der Waals surface area (Å²) in [6.07, 6.45) is 5.19. The van der Waals surface area contributed by atoms with E-state index < -0.39 is 17.6 Å². The molecule has 7 nitrogen and oxygen atoms in total. The molecule has 0 bridgehead atoms. The van der Waals surface area contributed by atoms with Crippen LogP contribution in [0.3, 0.4) is 0 Å². The third kappa shape index (κ3) is 4.25. The normalized spacial score (nSPS) is 15.7. The van der Waals surface area contributed by atoms with Gasteiger partial charge in [-0.3, -0.25) is 4.79 Å². The molecule has 170 valence electrons. The highest BCUT2D eigenvalue weighted by molar-refractivity contribution is 6.31. The largest absolute Gasteiger partial charge is 0.359 e. The molecule has 33 heavy (non-hydrogen) atoms. The molecule has 1 aliphatic rings. The lowest BCUT2D eigenvalue weighted by Crippen LogP contribution is -2.40. The minimum Gasteiger partial charge on any atom is -0.359 e. The number of carbonyl (C=O) groups is 1. The third-order valence-corrected chi connectivity index (χ3v) is 5.84. The van der Waals surface area contributed by atoms with Crippen molar-refractivity contribution >= 4 is 39.9 Å². The van der Waals surface area contributed by atoms with Crippen molar-refractivity contribution in [3.05, 3.63) is 65.5 Å². The molecule has 3 aromatic heterocycles. The maximum Gasteiger partial charge on any atom is 0.258 e. The molecule has 1 aromatic carbocycles. The van der Waals surface area contributed by atoms with Crippen LogP contribution in [0.2, 0.25) is 5.02 Å². The summed E-state index contributed by atoms with van der Waals surface area (Å²) in [6, 6.07) is 6.51. The maximum atomic E-state index is 14.7. The lowest BCUT2D eigenvalue weighted by molar-refractivity contribution is -0.0222. The Labute approximate surface area is 191 Å². The summed E-state index contributed by atoms with van der Waals surface area (Å²) in [6.45, 7) is 0.0583. The molecule has 1 aliphatic heterocycles. The number of amides is 1. The fraction of sp³-hybridized carbons (Fsp3) is 0.227. The highest BCUT2D eigenvalue weighted by atomic mass is 35.5. The van der Waals surface area contributed by atoms with Gasteiger partial charge in [-0.2, -0.15) is 5.10 Å². The van der Waals surface area contributed by atoms with E-state index in [0.717, 1.165) is 10.9 Å². The zero-order valence-electron chi connectivity index (χ0n) is 17.2. The zero-order valence-corrected chi connectivity index (χ0v) is 17.9. The van der Waals surface area contributed by atoms with Gasteiger partial charge in [0, 0.05) is 60.3 Å². The van der Waals surface area contributed by atoms with Crippen LogP contribution in [0.4, 0.5) is 24.7 Å². The number of aromatic nitrogens is 4. The molecule has 1 fully saturated rings. The first-order valence-corrected chi connectivity index (χ1v) is 10.6. The predicted molar refractivity (Wildman–Crippen MR) is 119 cm³/mol. The SMILES string of the molecule is O=C(Nc1c[nH]c2ccc(Cl)cc12)c1cnn(-c2cnc(N3CCC(F)(F)CC3)c(F)c2)c1. The number of carbonyl (C=O) groups excluding carboxylic acids is 1. The van der Waals surface area contributed by atoms with Gasteiger partial charge in [0.2, 0.25) is 0 Å². The van der Waals surface area contributed by atoms with Crippen LogP contribution < -0.4 is 10.2 Å². The summed E-state index contributed by atoms with van der Waals surface area (Å²) in [5, 5.41) is 8.23. The van der Waals surface area contributed by atoms with Gasteiger partial charge in [-0.15, -0.1) is 0 Å². The molecule has 2 N–H and O–H groups in total. The number of nitrogens with one attached hydrogen (secondary N) is 2. The van der Waals surface area contributed by atoms with Crippen LogP contribution in [-0.4, -0.2) is 44.7 Å². The molecule has 1 saturated heterocycles. The van der Waals surface area contributed by atoms with Crippen molar-refractivity contribution in [2.75, 3.05) is 23.3 Å². The number of halogens is 4. The fourth-order valence-electron chi connectivity index (χ4n) is 3.80. The van der Waals surface area contributed by atoms with Crippen LogP contribution in [0.5, 0.6) is 0 Å². The first-order chi connectivity index (χ1) is 15.8. The molecular weight excluding hydrogens is 457 g/mol. The van der Waals surface area contributed by atoms with E-state index in [9.17, 15) is 18.0 Å². The monoisotopic (exact) mass is 474 g/mol. The minimum absolute atomic E-state index is 0.0253. The number of fused-ring (bicyclic) bond motifs is 1. The Morgan fingerprint density at radius 1 is 1.18 bits per heavy atom. The zero-order chi connectivity index (χ0) is 23.2. The van der Waals surface area contributed by atoms with Crippen molar-refractivity contribution in [2.45, 2.75) is 18.8 Å². The summed E-state index contributed by atoms with van der Waals surface area (Å²) in [5.74, 6) is -3.74. The molecule has 5 rings (SSSR count). The average Bonchev–Trinajstić information content (AvgIpc) is 3.42. The van der Waals surface area contributed by atoms with Gasteiger partial charge in [0.1, 0.15) is 0 Å². The number of nitrogens with zero attached hydrogens (tertiary/aromatic N) is 4. The van der Waals surface area contributed by atoms with E-state index in [1.54, 1.807) is 18.3 Å². The van der Waals surface area contributed by atoms with Gasteiger partial charge in [-0.05, 0) is 18.2 Å². The van der Waals surface area contributed by atoms with E-state index in [1.807, 2.05) is 6.07 Å². The number of anilines is 2. The number of hydrogen-bond donors (Lipinski definition) is 2. The molecule has 1 amide bonds. The van der Waals surface area contributed by atoms with E-state index >= 15 is 0 Å². The van der Waals surface area contributed by atoms with Gasteiger partial charge in [0.15, 0.2) is 11.6 Å². The Hall–Kier alpha value is -3.53. The number of H-pyrrole nitrogens is 1. The number of aromatic amines is 1. The third-order valence-electron chi connectivity index (χ3n) is 5.60. The summed E-state index contributed by atoms with van der Waals surface area (Å²) in [4.78, 5) is 21.4. The lowest BCUT2D eigenvalue weighted by atomic mass is 10.1. The van der Waals surface area contributed by atoms with Crippen LogP contribution >= 0.6 is 11.6 Å². The molecule has 0 atom stereocenters. The molecule has 0 radical (unpaired) electrons. The predicted octanol–water partition coefficient (Wildman–Crippen LogP) is 5.03. The highest BCUT2D eigenvalue weighted by Gasteiger charge is 2.35. The van der Waals surface area contributed by atoms with Crippen LogP contribution in [0.1, 0.15) is 23.2 Å². The first kappa shape index (κ1) is 21.3. The molecule has 4 aromatic rings. The van der Waals surface area contributed by atoms with Crippen molar-refractivity contribution < 1.29 is 18.0 Å². The molecular formula is C22H18ClF3N6O. The molecule has 4 heterocycles. The fourth-order valence-corrected chi connectivity index (χ4v) is 3.97. The molecule has 0 unspecified atom stereocenters. The number of benzene rings is 1. The van der Waals surface area contributed by atoms with Gasteiger partial charge in [-0.25, -0.2) is 22.8 Å². The second kappa shape index (κ2) is 8.11. The summed E-state index contributed by atoms with van der Waals surface area (Å²) >= 11 is 6.05. The van der Waals surface area contributed by atoms with Gasteiger partial charge in [0.25, 0.3) is 11.8 Å². The van der Waals surface area contributed by atoms with Crippen molar-refractivity contribution in [3.63, 3.8) is 0 Å². The van der Waals surface area contributed by atoms with E-state index in [1.165, 1.54) is 34.2 Å². The minimum atomic E-state index is -2.72. The van der Waals surface area contributed by atoms with Crippen LogP contribution in [0, 0.1) is 5.82 Å². The Kier molecular flexibility index (Phi) is 5.24. The topological polar surface area (TPSA) is 78.8 Å². The summed E-state index contributed by atoms with van der Waals surface area (Å²) in [5.41, 5.74) is 1.95. The average molecular weight is 475 g/mol. The summed E-state index contributed by atoms with van der Waals surface area (Å²) < 4.78 is 42.7. The van der Waals surface area contributed by atoms with Gasteiger partial charge in [0.05, 0.1) is 29.3 Å². The van der Waals surface area contributed by atoms with E-state index in [2.05, 4.69) is 20.4 Å². The number of rotatable bonds is 4. The Bertz CT molecular complexity index is 1340. The van der Waals surface area contributed by atoms with Crippen LogP contribution in [-0.2, 0) is 0 Å². The standard InChI is InChI=1S/C22H18ClF3N6O/c23-14-1-2-18-16(7-14)19(11-27-18)30-21(33)13-9-29-32(12-13)15-8-17(24)20(28-10-15)31-5-3-22(25,26)4-6-31/h1-2,7-12,27H,3-6H2,(H,30,33). The van der Waals surface area contributed by atoms with Gasteiger partial charge >= 0.3 is 0 Å². The molecule has 0 saturated carbocycles. The van der Waals surface area contributed by atoms with E-state index in [-0.39, 0.29) is 37.3 Å².